The van der Waals surface area contributed by atoms with Gasteiger partial charge in [-0.25, -0.2) is 12.7 Å². The van der Waals surface area contributed by atoms with E-state index in [0.717, 1.165) is 0 Å². The van der Waals surface area contributed by atoms with Crippen LogP contribution in [0, 0.1) is 5.92 Å². The lowest BCUT2D eigenvalue weighted by atomic mass is 9.96. The lowest BCUT2D eigenvalue weighted by molar-refractivity contribution is -0.123. The number of carbonyl (C=O) groups excluding carboxylic acids is 1. The zero-order chi connectivity index (χ0) is 16.6. The highest BCUT2D eigenvalue weighted by molar-refractivity contribution is 7.88. The molecule has 2 aliphatic heterocycles. The third-order valence-electron chi connectivity index (χ3n) is 4.32. The van der Waals surface area contributed by atoms with Crippen molar-refractivity contribution in [3.05, 3.63) is 23.2 Å². The van der Waals surface area contributed by atoms with E-state index < -0.39 is 10.0 Å². The van der Waals surface area contributed by atoms with E-state index in [1.54, 1.807) is 23.1 Å². The number of ether oxygens (including phenoxy) is 1. The van der Waals surface area contributed by atoms with Crippen molar-refractivity contribution in [1.29, 1.82) is 0 Å². The van der Waals surface area contributed by atoms with Crippen LogP contribution in [0.3, 0.4) is 0 Å². The summed E-state index contributed by atoms with van der Waals surface area (Å²) in [6.07, 6.45) is 2.29. The minimum absolute atomic E-state index is 0.0185. The van der Waals surface area contributed by atoms with Crippen molar-refractivity contribution in [3.8, 4) is 5.75 Å². The predicted octanol–water partition coefficient (Wildman–Crippen LogP) is 1.74. The van der Waals surface area contributed by atoms with Gasteiger partial charge in [-0.1, -0.05) is 11.6 Å². The van der Waals surface area contributed by atoms with Gasteiger partial charge < -0.3 is 9.64 Å². The number of fused-ring (bicyclic) bond motifs is 1. The number of carbonyl (C=O) groups is 1. The number of hydrogen-bond donors (Lipinski definition) is 0. The third-order valence-corrected chi connectivity index (χ3v) is 5.86. The Morgan fingerprint density at radius 3 is 2.61 bits per heavy atom. The first-order chi connectivity index (χ1) is 10.9. The van der Waals surface area contributed by atoms with Gasteiger partial charge in [0.1, 0.15) is 12.4 Å². The Kier molecular flexibility index (Phi) is 4.53. The molecule has 8 heteroatoms. The Morgan fingerprint density at radius 2 is 1.96 bits per heavy atom. The molecule has 0 atom stereocenters. The molecule has 0 aromatic heterocycles. The average molecular weight is 359 g/mol. The second-order valence-corrected chi connectivity index (χ2v) is 8.31. The Labute approximate surface area is 141 Å². The molecule has 1 aromatic carbocycles. The fraction of sp³-hybridized carbons (Fsp3) is 0.533. The first-order valence-corrected chi connectivity index (χ1v) is 9.78. The number of rotatable bonds is 2. The fourth-order valence-corrected chi connectivity index (χ4v) is 4.11. The summed E-state index contributed by atoms with van der Waals surface area (Å²) in [6, 6.07) is 5.24. The normalized spacial score (nSPS) is 20.0. The highest BCUT2D eigenvalue weighted by Gasteiger charge is 2.33. The Hall–Kier alpha value is -1.31. The molecule has 0 N–H and O–H groups in total. The van der Waals surface area contributed by atoms with Crippen LogP contribution in [0.25, 0.3) is 0 Å². The fourth-order valence-electron chi connectivity index (χ4n) is 3.07. The monoisotopic (exact) mass is 358 g/mol. The summed E-state index contributed by atoms with van der Waals surface area (Å²) >= 11 is 6.03. The third kappa shape index (κ3) is 3.46. The molecule has 0 radical (unpaired) electrons. The van der Waals surface area contributed by atoms with Crippen molar-refractivity contribution in [2.24, 2.45) is 5.92 Å². The van der Waals surface area contributed by atoms with Gasteiger partial charge >= 0.3 is 0 Å². The summed E-state index contributed by atoms with van der Waals surface area (Å²) < 4.78 is 30.1. The van der Waals surface area contributed by atoms with E-state index >= 15 is 0 Å². The van der Waals surface area contributed by atoms with Crippen molar-refractivity contribution in [2.75, 3.05) is 37.4 Å². The largest absolute Gasteiger partial charge is 0.490 e. The first-order valence-electron chi connectivity index (χ1n) is 7.55. The first kappa shape index (κ1) is 16.5. The van der Waals surface area contributed by atoms with Gasteiger partial charge in [-0.2, -0.15) is 0 Å². The highest BCUT2D eigenvalue weighted by atomic mass is 35.5. The Balaban J connectivity index is 1.74. The molecule has 0 saturated carbocycles. The molecule has 6 nitrogen and oxygen atoms in total. The lowest BCUT2D eigenvalue weighted by Crippen LogP contribution is -2.46. The van der Waals surface area contributed by atoms with Gasteiger partial charge in [-0.3, -0.25) is 4.79 Å². The predicted molar refractivity (Wildman–Crippen MR) is 88.4 cm³/mol. The lowest BCUT2D eigenvalue weighted by Gasteiger charge is -2.35. The second kappa shape index (κ2) is 6.30. The average Bonchev–Trinajstić information content (AvgIpc) is 2.53. The summed E-state index contributed by atoms with van der Waals surface area (Å²) in [7, 11) is -3.18. The molecule has 3 rings (SSSR count). The Bertz CT molecular complexity index is 714. The molecule has 23 heavy (non-hydrogen) atoms. The highest BCUT2D eigenvalue weighted by Crippen LogP contribution is 2.35. The van der Waals surface area contributed by atoms with Gasteiger partial charge in [0.15, 0.2) is 0 Å². The van der Waals surface area contributed by atoms with Gasteiger partial charge in [0.05, 0.1) is 18.5 Å². The van der Waals surface area contributed by atoms with Gasteiger partial charge in [0, 0.05) is 24.0 Å². The zero-order valence-electron chi connectivity index (χ0n) is 12.9. The van der Waals surface area contributed by atoms with E-state index in [2.05, 4.69) is 0 Å². The zero-order valence-corrected chi connectivity index (χ0v) is 14.4. The smallest absolute Gasteiger partial charge is 0.230 e. The minimum Gasteiger partial charge on any atom is -0.490 e. The van der Waals surface area contributed by atoms with Crippen LogP contribution in [0.1, 0.15) is 12.8 Å². The van der Waals surface area contributed by atoms with E-state index in [0.29, 0.717) is 55.5 Å². The maximum Gasteiger partial charge on any atom is 0.230 e. The van der Waals surface area contributed by atoms with Gasteiger partial charge in [0.25, 0.3) is 0 Å². The van der Waals surface area contributed by atoms with Crippen molar-refractivity contribution >= 4 is 33.2 Å². The number of amides is 1. The molecule has 2 heterocycles. The van der Waals surface area contributed by atoms with E-state index in [1.165, 1.54) is 10.6 Å². The molecule has 1 aromatic rings. The summed E-state index contributed by atoms with van der Waals surface area (Å²) in [5.74, 6) is 0.505. The molecule has 2 aliphatic rings. The van der Waals surface area contributed by atoms with Crippen LogP contribution in [0.5, 0.6) is 5.75 Å². The maximum atomic E-state index is 12.8. The molecular formula is C15H19ClN2O4S. The van der Waals surface area contributed by atoms with Gasteiger partial charge in [-0.15, -0.1) is 0 Å². The van der Waals surface area contributed by atoms with E-state index in [-0.39, 0.29) is 11.8 Å². The van der Waals surface area contributed by atoms with Gasteiger partial charge in [0.2, 0.25) is 15.9 Å². The maximum absolute atomic E-state index is 12.8. The summed E-state index contributed by atoms with van der Waals surface area (Å²) in [5, 5.41) is 0.555. The topological polar surface area (TPSA) is 66.9 Å². The van der Waals surface area contributed by atoms with Crippen LogP contribution in [0.4, 0.5) is 5.69 Å². The minimum atomic E-state index is -3.18. The van der Waals surface area contributed by atoms with E-state index in [9.17, 15) is 13.2 Å². The molecule has 0 aliphatic carbocycles. The van der Waals surface area contributed by atoms with Crippen LogP contribution in [0.15, 0.2) is 18.2 Å². The van der Waals surface area contributed by atoms with E-state index in [1.807, 2.05) is 0 Å². The standard InChI is InChI=1S/C15H19ClN2O4S/c1-23(20,21)17-6-4-11(5-7-17)15(19)18-8-9-22-14-3-2-12(16)10-13(14)18/h2-3,10-11H,4-9H2,1H3. The van der Waals surface area contributed by atoms with Crippen LogP contribution in [0.2, 0.25) is 5.02 Å². The van der Waals surface area contributed by atoms with Crippen molar-refractivity contribution in [1.82, 2.24) is 4.31 Å². The summed E-state index contributed by atoms with van der Waals surface area (Å²) in [5.41, 5.74) is 0.694. The molecule has 0 bridgehead atoms. The number of piperidine rings is 1. The summed E-state index contributed by atoms with van der Waals surface area (Å²) in [4.78, 5) is 14.6. The molecule has 1 saturated heterocycles. The number of anilines is 1. The van der Waals surface area contributed by atoms with Crippen LogP contribution >= 0.6 is 11.6 Å². The number of sulfonamides is 1. The quantitative estimate of drug-likeness (QED) is 0.807. The second-order valence-electron chi connectivity index (χ2n) is 5.89. The van der Waals surface area contributed by atoms with Crippen LogP contribution in [-0.4, -0.2) is 51.1 Å². The molecule has 126 valence electrons. The van der Waals surface area contributed by atoms with Gasteiger partial charge in [-0.05, 0) is 31.0 Å². The number of nitrogens with zero attached hydrogens (tertiary/aromatic N) is 2. The molecule has 0 spiro atoms. The molecule has 1 amide bonds. The number of halogens is 1. The van der Waals surface area contributed by atoms with E-state index in [4.69, 9.17) is 16.3 Å². The van der Waals surface area contributed by atoms with Crippen LogP contribution in [-0.2, 0) is 14.8 Å². The number of benzene rings is 1. The molecular weight excluding hydrogens is 340 g/mol. The molecule has 0 unspecified atom stereocenters. The summed E-state index contributed by atoms with van der Waals surface area (Å²) in [6.45, 7) is 1.71. The SMILES string of the molecule is CS(=O)(=O)N1CCC(C(=O)N2CCOc3ccc(Cl)cc32)CC1. The van der Waals surface area contributed by atoms with Crippen molar-refractivity contribution in [2.45, 2.75) is 12.8 Å². The van der Waals surface area contributed by atoms with Crippen LogP contribution < -0.4 is 9.64 Å². The number of hydrogen-bond acceptors (Lipinski definition) is 4. The van der Waals surface area contributed by atoms with Crippen molar-refractivity contribution in [3.63, 3.8) is 0 Å². The molecule has 1 fully saturated rings. The van der Waals surface area contributed by atoms with Crippen molar-refractivity contribution < 1.29 is 17.9 Å². The Morgan fingerprint density at radius 1 is 1.26 bits per heavy atom.